The quantitative estimate of drug-likeness (QED) is 0.680. The molecule has 0 aromatic carbocycles. The lowest BCUT2D eigenvalue weighted by Gasteiger charge is -2.28. The molecule has 4 atom stereocenters. The van der Waals surface area contributed by atoms with E-state index in [0.717, 1.165) is 11.8 Å². The second-order valence-electron chi connectivity index (χ2n) is 7.96. The van der Waals surface area contributed by atoms with Crippen molar-refractivity contribution in [2.45, 2.75) is 65.0 Å². The summed E-state index contributed by atoms with van der Waals surface area (Å²) in [6.07, 6.45) is 4.83. The summed E-state index contributed by atoms with van der Waals surface area (Å²) < 4.78 is 5.13. The third-order valence-electron chi connectivity index (χ3n) is 4.87. The number of fused-ring (bicyclic) bond motifs is 2. The SMILES string of the molecule is CC(NC(=O)NCCNC(=O)OC(C)(C)C)C1CC2CCC1C2. The van der Waals surface area contributed by atoms with Gasteiger partial charge in [0.2, 0.25) is 0 Å². The van der Waals surface area contributed by atoms with Crippen LogP contribution in [0.4, 0.5) is 9.59 Å². The normalized spacial score (nSPS) is 27.4. The Hall–Kier alpha value is -1.46. The maximum atomic E-state index is 11.9. The first-order valence-electron chi connectivity index (χ1n) is 8.76. The minimum absolute atomic E-state index is 0.161. The van der Waals surface area contributed by atoms with Crippen LogP contribution in [-0.2, 0) is 4.74 Å². The minimum atomic E-state index is -0.509. The number of ether oxygens (including phenoxy) is 1. The fraction of sp³-hybridized carbons (Fsp3) is 0.882. The zero-order chi connectivity index (χ0) is 17.0. The number of urea groups is 1. The highest BCUT2D eigenvalue weighted by atomic mass is 16.6. The van der Waals surface area contributed by atoms with Crippen molar-refractivity contribution < 1.29 is 14.3 Å². The van der Waals surface area contributed by atoms with E-state index in [9.17, 15) is 9.59 Å². The summed E-state index contributed by atoms with van der Waals surface area (Å²) in [5, 5.41) is 8.44. The van der Waals surface area contributed by atoms with Gasteiger partial charge in [-0.25, -0.2) is 9.59 Å². The second-order valence-corrected chi connectivity index (χ2v) is 7.96. The molecule has 0 saturated heterocycles. The molecule has 3 N–H and O–H groups in total. The van der Waals surface area contributed by atoms with E-state index in [0.29, 0.717) is 19.0 Å². The van der Waals surface area contributed by atoms with E-state index in [2.05, 4.69) is 22.9 Å². The molecule has 2 aliphatic carbocycles. The van der Waals surface area contributed by atoms with Gasteiger partial charge in [0, 0.05) is 19.1 Å². The molecule has 0 spiro atoms. The topological polar surface area (TPSA) is 79.5 Å². The maximum Gasteiger partial charge on any atom is 0.407 e. The fourth-order valence-corrected chi connectivity index (χ4v) is 3.93. The summed E-state index contributed by atoms with van der Waals surface area (Å²) in [5.74, 6) is 2.30. The first kappa shape index (κ1) is 17.9. The molecule has 6 nitrogen and oxygen atoms in total. The van der Waals surface area contributed by atoms with Crippen LogP contribution in [-0.4, -0.2) is 36.9 Å². The third kappa shape index (κ3) is 5.59. The lowest BCUT2D eigenvalue weighted by molar-refractivity contribution is 0.0528. The van der Waals surface area contributed by atoms with Crippen molar-refractivity contribution in [3.05, 3.63) is 0 Å². The molecule has 132 valence electrons. The van der Waals surface area contributed by atoms with E-state index in [-0.39, 0.29) is 12.1 Å². The Morgan fingerprint density at radius 2 is 1.83 bits per heavy atom. The number of carbonyl (C=O) groups excluding carboxylic acids is 2. The average Bonchev–Trinajstić information content (AvgIpc) is 3.04. The molecular weight excluding hydrogens is 294 g/mol. The number of nitrogens with one attached hydrogen (secondary N) is 3. The van der Waals surface area contributed by atoms with Gasteiger partial charge >= 0.3 is 12.1 Å². The summed E-state index contributed by atoms with van der Waals surface area (Å²) in [7, 11) is 0. The third-order valence-corrected chi connectivity index (χ3v) is 4.87. The van der Waals surface area contributed by atoms with Crippen LogP contribution in [0.25, 0.3) is 0 Å². The van der Waals surface area contributed by atoms with Crippen molar-refractivity contribution >= 4 is 12.1 Å². The van der Waals surface area contributed by atoms with Crippen molar-refractivity contribution in [1.82, 2.24) is 16.0 Å². The summed E-state index contributed by atoms with van der Waals surface area (Å²) in [6.45, 7) is 8.28. The van der Waals surface area contributed by atoms with Crippen molar-refractivity contribution in [2.75, 3.05) is 13.1 Å². The molecule has 4 unspecified atom stereocenters. The molecule has 2 rings (SSSR count). The Balaban J connectivity index is 1.57. The van der Waals surface area contributed by atoms with E-state index in [1.807, 2.05) is 20.8 Å². The number of amides is 3. The molecule has 0 radical (unpaired) electrons. The highest BCUT2D eigenvalue weighted by molar-refractivity contribution is 5.74. The molecule has 0 heterocycles. The molecular formula is C17H31N3O3. The zero-order valence-electron chi connectivity index (χ0n) is 14.8. The van der Waals surface area contributed by atoms with Gasteiger partial charge in [0.1, 0.15) is 5.60 Å². The number of carbonyl (C=O) groups is 2. The molecule has 2 saturated carbocycles. The van der Waals surface area contributed by atoms with Crippen LogP contribution >= 0.6 is 0 Å². The monoisotopic (exact) mass is 325 g/mol. The van der Waals surface area contributed by atoms with Gasteiger partial charge in [0.25, 0.3) is 0 Å². The molecule has 0 aromatic heterocycles. The number of rotatable bonds is 5. The Kier molecular flexibility index (Phi) is 5.76. The van der Waals surface area contributed by atoms with Gasteiger partial charge in [0.15, 0.2) is 0 Å². The summed E-state index contributed by atoms with van der Waals surface area (Å²) in [5.41, 5.74) is -0.509. The van der Waals surface area contributed by atoms with Crippen LogP contribution in [0.1, 0.15) is 53.4 Å². The first-order chi connectivity index (χ1) is 10.7. The number of hydrogen-bond donors (Lipinski definition) is 3. The Bertz CT molecular complexity index is 433. The average molecular weight is 325 g/mol. The molecule has 23 heavy (non-hydrogen) atoms. The highest BCUT2D eigenvalue weighted by Gasteiger charge is 2.42. The van der Waals surface area contributed by atoms with Crippen LogP contribution in [0.5, 0.6) is 0 Å². The number of hydrogen-bond acceptors (Lipinski definition) is 3. The Morgan fingerprint density at radius 1 is 1.13 bits per heavy atom. The molecule has 3 amide bonds. The lowest BCUT2D eigenvalue weighted by Crippen LogP contribution is -2.47. The molecule has 2 bridgehead atoms. The standard InChI is InChI=1S/C17H31N3O3/c1-11(14-10-12-5-6-13(14)9-12)20-15(21)18-7-8-19-16(22)23-17(2,3)4/h11-14H,5-10H2,1-4H3,(H,19,22)(H2,18,20,21). The van der Waals surface area contributed by atoms with Gasteiger partial charge in [-0.2, -0.15) is 0 Å². The molecule has 0 aromatic rings. The fourth-order valence-electron chi connectivity index (χ4n) is 3.93. The number of alkyl carbamates (subject to hydrolysis) is 1. The first-order valence-corrected chi connectivity index (χ1v) is 8.76. The van der Waals surface area contributed by atoms with Gasteiger partial charge in [-0.1, -0.05) is 6.42 Å². The molecule has 6 heteroatoms. The van der Waals surface area contributed by atoms with Gasteiger partial charge in [-0.15, -0.1) is 0 Å². The van der Waals surface area contributed by atoms with Crippen molar-refractivity contribution in [1.29, 1.82) is 0 Å². The van der Waals surface area contributed by atoms with Gasteiger partial charge in [-0.05, 0) is 64.7 Å². The second kappa shape index (κ2) is 7.41. The van der Waals surface area contributed by atoms with Crippen molar-refractivity contribution in [3.63, 3.8) is 0 Å². The van der Waals surface area contributed by atoms with E-state index in [4.69, 9.17) is 4.74 Å². The van der Waals surface area contributed by atoms with E-state index >= 15 is 0 Å². The van der Waals surface area contributed by atoms with E-state index < -0.39 is 11.7 Å². The Morgan fingerprint density at radius 3 is 2.39 bits per heavy atom. The van der Waals surface area contributed by atoms with Crippen LogP contribution in [0.15, 0.2) is 0 Å². The lowest BCUT2D eigenvalue weighted by atomic mass is 9.84. The van der Waals surface area contributed by atoms with E-state index in [1.165, 1.54) is 25.7 Å². The largest absolute Gasteiger partial charge is 0.444 e. The molecule has 2 aliphatic rings. The maximum absolute atomic E-state index is 11.9. The summed E-state index contributed by atoms with van der Waals surface area (Å²) in [4.78, 5) is 23.4. The molecule has 2 fully saturated rings. The summed E-state index contributed by atoms with van der Waals surface area (Å²) in [6, 6.07) is 0.0513. The van der Waals surface area contributed by atoms with Crippen molar-refractivity contribution in [2.24, 2.45) is 17.8 Å². The van der Waals surface area contributed by atoms with Crippen LogP contribution in [0.3, 0.4) is 0 Å². The smallest absolute Gasteiger partial charge is 0.407 e. The molecule has 0 aliphatic heterocycles. The van der Waals surface area contributed by atoms with Crippen LogP contribution in [0, 0.1) is 17.8 Å². The van der Waals surface area contributed by atoms with Crippen molar-refractivity contribution in [3.8, 4) is 0 Å². The predicted octanol–water partition coefficient (Wildman–Crippen LogP) is 2.64. The highest BCUT2D eigenvalue weighted by Crippen LogP contribution is 2.49. The Labute approximate surface area is 139 Å². The van der Waals surface area contributed by atoms with E-state index in [1.54, 1.807) is 0 Å². The van der Waals surface area contributed by atoms with Gasteiger partial charge < -0.3 is 20.7 Å². The zero-order valence-corrected chi connectivity index (χ0v) is 14.8. The predicted molar refractivity (Wildman–Crippen MR) is 89.2 cm³/mol. The van der Waals surface area contributed by atoms with Crippen LogP contribution in [0.2, 0.25) is 0 Å². The van der Waals surface area contributed by atoms with Gasteiger partial charge in [-0.3, -0.25) is 0 Å². The summed E-state index contributed by atoms with van der Waals surface area (Å²) >= 11 is 0. The van der Waals surface area contributed by atoms with Crippen LogP contribution < -0.4 is 16.0 Å². The minimum Gasteiger partial charge on any atom is -0.444 e. The van der Waals surface area contributed by atoms with Gasteiger partial charge in [0.05, 0.1) is 0 Å².